The highest BCUT2D eigenvalue weighted by Gasteiger charge is 2.17. The fourth-order valence-corrected chi connectivity index (χ4v) is 1.77. The van der Waals surface area contributed by atoms with Gasteiger partial charge >= 0.3 is 0 Å². The number of anilines is 1. The maximum absolute atomic E-state index is 12.9. The fourth-order valence-electron chi connectivity index (χ4n) is 1.77. The van der Waals surface area contributed by atoms with E-state index in [9.17, 15) is 14.3 Å². The summed E-state index contributed by atoms with van der Waals surface area (Å²) in [5.41, 5.74) is 0.930. The lowest BCUT2D eigenvalue weighted by atomic mass is 10.1. The Bertz CT molecular complexity index is 707. The summed E-state index contributed by atoms with van der Waals surface area (Å²) in [7, 11) is 1.52. The molecule has 0 radical (unpaired) electrons. The number of halogens is 1. The molecule has 20 heavy (non-hydrogen) atoms. The molecule has 1 N–H and O–H groups in total. The minimum Gasteiger partial charge on any atom is -0.507 e. The van der Waals surface area contributed by atoms with Crippen molar-refractivity contribution in [1.29, 1.82) is 5.26 Å². The Morgan fingerprint density at radius 2 is 2.05 bits per heavy atom. The van der Waals surface area contributed by atoms with Gasteiger partial charge in [0, 0.05) is 18.8 Å². The van der Waals surface area contributed by atoms with E-state index in [0.29, 0.717) is 11.3 Å². The van der Waals surface area contributed by atoms with Gasteiger partial charge < -0.3 is 10.0 Å². The van der Waals surface area contributed by atoms with Crippen molar-refractivity contribution in [2.45, 2.75) is 0 Å². The third-order valence-electron chi connectivity index (χ3n) is 2.86. The molecule has 0 atom stereocenters. The molecule has 1 amide bonds. The zero-order chi connectivity index (χ0) is 14.7. The third kappa shape index (κ3) is 2.59. The highest BCUT2D eigenvalue weighted by Crippen LogP contribution is 2.23. The number of hydrogen-bond acceptors (Lipinski definition) is 3. The Labute approximate surface area is 115 Å². The normalized spacial score (nSPS) is 9.85. The molecule has 0 saturated carbocycles. The molecule has 2 aromatic carbocycles. The van der Waals surface area contributed by atoms with Gasteiger partial charge in [0.15, 0.2) is 0 Å². The van der Waals surface area contributed by atoms with E-state index < -0.39 is 17.5 Å². The highest BCUT2D eigenvalue weighted by molar-refractivity contribution is 6.07. The number of benzene rings is 2. The van der Waals surface area contributed by atoms with Crippen LogP contribution in [0.1, 0.15) is 15.9 Å². The summed E-state index contributed by atoms with van der Waals surface area (Å²) in [5.74, 6) is -1.52. The van der Waals surface area contributed by atoms with Gasteiger partial charge in [-0.3, -0.25) is 4.79 Å². The summed E-state index contributed by atoms with van der Waals surface area (Å²) >= 11 is 0. The van der Waals surface area contributed by atoms with Crippen LogP contribution in [0.4, 0.5) is 10.1 Å². The Balaban J connectivity index is 2.35. The van der Waals surface area contributed by atoms with Crippen molar-refractivity contribution in [2.24, 2.45) is 0 Å². The Morgan fingerprint density at radius 3 is 2.70 bits per heavy atom. The van der Waals surface area contributed by atoms with Crippen molar-refractivity contribution in [2.75, 3.05) is 11.9 Å². The second-order valence-corrected chi connectivity index (χ2v) is 4.19. The minimum absolute atomic E-state index is 0.00346. The van der Waals surface area contributed by atoms with Crippen molar-refractivity contribution >= 4 is 11.6 Å². The summed E-state index contributed by atoms with van der Waals surface area (Å²) in [6.07, 6.45) is 0. The first-order chi connectivity index (χ1) is 9.52. The number of amides is 1. The number of aromatic hydroxyl groups is 1. The second kappa shape index (κ2) is 5.41. The summed E-state index contributed by atoms with van der Waals surface area (Å²) in [4.78, 5) is 13.5. The molecule has 2 rings (SSSR count). The van der Waals surface area contributed by atoms with Crippen LogP contribution in [-0.4, -0.2) is 18.1 Å². The molecule has 0 unspecified atom stereocenters. The van der Waals surface area contributed by atoms with Crippen LogP contribution in [0.15, 0.2) is 42.5 Å². The summed E-state index contributed by atoms with van der Waals surface area (Å²) in [6, 6.07) is 11.7. The molecule has 0 aliphatic rings. The zero-order valence-electron chi connectivity index (χ0n) is 10.7. The molecule has 100 valence electrons. The molecular formula is C15H11FN2O2. The van der Waals surface area contributed by atoms with Crippen molar-refractivity contribution in [3.63, 3.8) is 0 Å². The lowest BCUT2D eigenvalue weighted by molar-refractivity contribution is 0.0990. The molecule has 5 heteroatoms. The Hall–Kier alpha value is -2.87. The predicted molar refractivity (Wildman–Crippen MR) is 72.0 cm³/mol. The molecule has 0 spiro atoms. The molecule has 0 saturated heterocycles. The lowest BCUT2D eigenvalue weighted by Crippen LogP contribution is -2.26. The van der Waals surface area contributed by atoms with Gasteiger partial charge in [-0.25, -0.2) is 4.39 Å². The summed E-state index contributed by atoms with van der Waals surface area (Å²) < 4.78 is 12.9. The smallest absolute Gasteiger partial charge is 0.261 e. The van der Waals surface area contributed by atoms with Crippen LogP contribution in [0.2, 0.25) is 0 Å². The van der Waals surface area contributed by atoms with Gasteiger partial charge in [-0.05, 0) is 30.3 Å². The van der Waals surface area contributed by atoms with Gasteiger partial charge in [0.1, 0.15) is 11.6 Å². The molecule has 0 aliphatic carbocycles. The lowest BCUT2D eigenvalue weighted by Gasteiger charge is -2.18. The average molecular weight is 270 g/mol. The number of phenolic OH excluding ortho intramolecular Hbond substituents is 1. The number of hydrogen-bond donors (Lipinski definition) is 1. The van der Waals surface area contributed by atoms with Gasteiger partial charge in [0.25, 0.3) is 5.91 Å². The maximum Gasteiger partial charge on any atom is 0.261 e. The molecule has 0 aromatic heterocycles. The second-order valence-electron chi connectivity index (χ2n) is 4.19. The number of phenols is 1. The van der Waals surface area contributed by atoms with Crippen molar-refractivity contribution in [3.05, 3.63) is 59.4 Å². The number of rotatable bonds is 2. The van der Waals surface area contributed by atoms with Crippen LogP contribution in [0.5, 0.6) is 5.75 Å². The Kier molecular flexibility index (Phi) is 3.67. The number of nitrogens with zero attached hydrogens (tertiary/aromatic N) is 2. The molecule has 2 aromatic rings. The van der Waals surface area contributed by atoms with E-state index in [1.54, 1.807) is 24.3 Å². The highest BCUT2D eigenvalue weighted by atomic mass is 19.1. The van der Waals surface area contributed by atoms with Gasteiger partial charge in [0.2, 0.25) is 0 Å². The third-order valence-corrected chi connectivity index (χ3v) is 2.86. The van der Waals surface area contributed by atoms with E-state index in [1.807, 2.05) is 6.07 Å². The van der Waals surface area contributed by atoms with E-state index in [0.717, 1.165) is 12.1 Å². The maximum atomic E-state index is 12.9. The van der Waals surface area contributed by atoms with E-state index in [4.69, 9.17) is 5.26 Å². The first kappa shape index (κ1) is 13.6. The Morgan fingerprint density at radius 1 is 1.30 bits per heavy atom. The first-order valence-corrected chi connectivity index (χ1v) is 5.79. The number of carbonyl (C=O) groups is 1. The number of nitriles is 1. The van der Waals surface area contributed by atoms with Crippen LogP contribution in [-0.2, 0) is 0 Å². The predicted octanol–water partition coefficient (Wildman–Crippen LogP) is 2.68. The largest absolute Gasteiger partial charge is 0.507 e. The molecule has 0 bridgehead atoms. The van der Waals surface area contributed by atoms with E-state index >= 15 is 0 Å². The van der Waals surface area contributed by atoms with Crippen LogP contribution in [0, 0.1) is 17.1 Å². The van der Waals surface area contributed by atoms with Crippen LogP contribution >= 0.6 is 0 Å². The number of carbonyl (C=O) groups excluding carboxylic acids is 1. The molecule has 0 fully saturated rings. The monoisotopic (exact) mass is 270 g/mol. The molecule has 0 aliphatic heterocycles. The topological polar surface area (TPSA) is 64.3 Å². The molecule has 0 heterocycles. The van der Waals surface area contributed by atoms with Crippen molar-refractivity contribution in [3.8, 4) is 11.8 Å². The van der Waals surface area contributed by atoms with E-state index in [1.165, 1.54) is 18.0 Å². The van der Waals surface area contributed by atoms with E-state index in [-0.39, 0.29) is 5.56 Å². The molecule has 4 nitrogen and oxygen atoms in total. The standard InChI is InChI=1S/C15H11FN2O2/c1-18(12-4-2-3-10(7-12)9-17)15(20)13-6-5-11(16)8-14(13)19/h2-8,19H,1H3. The summed E-state index contributed by atoms with van der Waals surface area (Å²) in [6.45, 7) is 0. The van der Waals surface area contributed by atoms with Gasteiger partial charge in [0.05, 0.1) is 17.2 Å². The van der Waals surface area contributed by atoms with Crippen LogP contribution in [0.25, 0.3) is 0 Å². The fraction of sp³-hybridized carbons (Fsp3) is 0.0667. The van der Waals surface area contributed by atoms with Crippen LogP contribution < -0.4 is 4.90 Å². The van der Waals surface area contributed by atoms with Gasteiger partial charge in [-0.2, -0.15) is 5.26 Å². The summed E-state index contributed by atoms with van der Waals surface area (Å²) in [5, 5.41) is 18.5. The van der Waals surface area contributed by atoms with Crippen LogP contribution in [0.3, 0.4) is 0 Å². The minimum atomic E-state index is -0.617. The van der Waals surface area contributed by atoms with Crippen molar-refractivity contribution < 1.29 is 14.3 Å². The first-order valence-electron chi connectivity index (χ1n) is 5.79. The SMILES string of the molecule is CN(C(=O)c1ccc(F)cc1O)c1cccc(C#N)c1. The van der Waals surface area contributed by atoms with Crippen molar-refractivity contribution in [1.82, 2.24) is 0 Å². The average Bonchev–Trinajstić information content (AvgIpc) is 2.46. The quantitative estimate of drug-likeness (QED) is 0.912. The van der Waals surface area contributed by atoms with Gasteiger partial charge in [-0.1, -0.05) is 6.07 Å². The van der Waals surface area contributed by atoms with E-state index in [2.05, 4.69) is 0 Å². The zero-order valence-corrected chi connectivity index (χ0v) is 10.7. The van der Waals surface area contributed by atoms with Gasteiger partial charge in [-0.15, -0.1) is 0 Å². The molecular weight excluding hydrogens is 259 g/mol.